The molecule has 63 heavy (non-hydrogen) atoms. The normalized spacial score (nSPS) is 13.7. The number of carboxylic acids is 1. The van der Waals surface area contributed by atoms with Crippen LogP contribution in [0.2, 0.25) is 0 Å². The van der Waals surface area contributed by atoms with Crippen LogP contribution >= 0.6 is 7.82 Å². The van der Waals surface area contributed by atoms with E-state index in [1.54, 1.807) is 0 Å². The summed E-state index contributed by atoms with van der Waals surface area (Å²) in [5, 5.41) is 8.93. The molecular formula is C52H102NO9P. The van der Waals surface area contributed by atoms with Gasteiger partial charge in [0.1, 0.15) is 12.1 Å². The van der Waals surface area contributed by atoms with E-state index in [4.69, 9.17) is 29.4 Å². The summed E-state index contributed by atoms with van der Waals surface area (Å²) in [6.07, 6.45) is 54.2. The monoisotopic (exact) mass is 916 g/mol. The molecule has 0 aliphatic heterocycles. The van der Waals surface area contributed by atoms with Crippen LogP contribution in [-0.2, 0) is 32.7 Å². The second-order valence-corrected chi connectivity index (χ2v) is 19.8. The van der Waals surface area contributed by atoms with Crippen molar-refractivity contribution in [2.24, 2.45) is 5.73 Å². The number of phosphoric ester groups is 1. The molecule has 0 bridgehead atoms. The number of hydrogen-bond acceptors (Lipinski definition) is 8. The second-order valence-electron chi connectivity index (χ2n) is 18.4. The predicted octanol–water partition coefficient (Wildman–Crippen LogP) is 15.7. The van der Waals surface area contributed by atoms with Crippen LogP contribution in [0.15, 0.2) is 12.2 Å². The number of rotatable bonds is 52. The van der Waals surface area contributed by atoms with Gasteiger partial charge in [-0.05, 0) is 38.5 Å². The molecule has 3 atom stereocenters. The molecule has 0 aliphatic carbocycles. The molecule has 10 nitrogen and oxygen atoms in total. The van der Waals surface area contributed by atoms with Gasteiger partial charge in [-0.15, -0.1) is 0 Å². The third-order valence-electron chi connectivity index (χ3n) is 12.0. The van der Waals surface area contributed by atoms with E-state index in [1.807, 2.05) is 0 Å². The van der Waals surface area contributed by atoms with Gasteiger partial charge >= 0.3 is 19.8 Å². The highest BCUT2D eigenvalue weighted by Gasteiger charge is 2.27. The van der Waals surface area contributed by atoms with Gasteiger partial charge in [0.25, 0.3) is 0 Å². The lowest BCUT2D eigenvalue weighted by Gasteiger charge is -2.20. The van der Waals surface area contributed by atoms with E-state index in [0.717, 1.165) is 38.5 Å². The third kappa shape index (κ3) is 48.5. The van der Waals surface area contributed by atoms with Gasteiger partial charge in [0.2, 0.25) is 0 Å². The van der Waals surface area contributed by atoms with Crippen LogP contribution in [-0.4, -0.2) is 60.5 Å². The molecule has 0 saturated heterocycles. The average Bonchev–Trinajstić information content (AvgIpc) is 3.26. The number of carbonyl (C=O) groups excluding carboxylic acids is 1. The van der Waals surface area contributed by atoms with Crippen molar-refractivity contribution in [1.29, 1.82) is 0 Å². The van der Waals surface area contributed by atoms with Crippen molar-refractivity contribution in [2.45, 2.75) is 283 Å². The fourth-order valence-corrected chi connectivity index (χ4v) is 8.67. The number of phosphoric acid groups is 1. The van der Waals surface area contributed by atoms with E-state index in [9.17, 15) is 19.0 Å². The van der Waals surface area contributed by atoms with Gasteiger partial charge in [-0.25, -0.2) is 4.57 Å². The van der Waals surface area contributed by atoms with Gasteiger partial charge in [0, 0.05) is 13.0 Å². The number of ether oxygens (including phenoxy) is 2. The van der Waals surface area contributed by atoms with Crippen molar-refractivity contribution in [3.63, 3.8) is 0 Å². The Morgan fingerprint density at radius 3 is 1.21 bits per heavy atom. The number of carboxylic acid groups (broad SMARTS) is 1. The number of esters is 1. The first-order valence-electron chi connectivity index (χ1n) is 26.7. The van der Waals surface area contributed by atoms with Crippen LogP contribution in [0, 0.1) is 0 Å². The van der Waals surface area contributed by atoms with E-state index < -0.39 is 45.1 Å². The summed E-state index contributed by atoms with van der Waals surface area (Å²) in [6, 6.07) is -1.47. The molecule has 11 heteroatoms. The summed E-state index contributed by atoms with van der Waals surface area (Å²) in [4.78, 5) is 33.7. The molecule has 0 spiro atoms. The maximum Gasteiger partial charge on any atom is 0.472 e. The largest absolute Gasteiger partial charge is 0.480 e. The molecule has 0 aromatic carbocycles. The van der Waals surface area contributed by atoms with Crippen molar-refractivity contribution >= 4 is 19.8 Å². The van der Waals surface area contributed by atoms with E-state index in [2.05, 4.69) is 26.0 Å². The Morgan fingerprint density at radius 1 is 0.492 bits per heavy atom. The van der Waals surface area contributed by atoms with E-state index >= 15 is 0 Å². The summed E-state index contributed by atoms with van der Waals surface area (Å²) in [5.41, 5.74) is 5.38. The standard InChI is InChI=1S/C52H102NO9P/c1-3-5-7-9-11-13-15-17-19-21-23-24-25-26-27-28-30-32-34-36-38-40-42-44-51(54)62-49(47-60-63(57,58)61-48-50(53)52(55)56)46-59-45-43-41-39-37-35-33-31-29-22-20-18-16-14-12-10-8-6-4-2/h18,20,49-50H,3-17,19,21-48,53H2,1-2H3,(H,55,56)(H,57,58)/b20-18-. The molecule has 3 unspecified atom stereocenters. The van der Waals surface area contributed by atoms with Crippen molar-refractivity contribution < 1.29 is 42.7 Å². The zero-order valence-electron chi connectivity index (χ0n) is 41.2. The third-order valence-corrected chi connectivity index (χ3v) is 13.0. The van der Waals surface area contributed by atoms with Crippen LogP contribution < -0.4 is 5.73 Å². The SMILES string of the molecule is CCCCCCCC/C=C\CCCCCCCCCCOCC(COP(=O)(O)OCC(N)C(=O)O)OC(=O)CCCCCCCCCCCCCCCCCCCCCCCCC. The molecule has 0 rings (SSSR count). The first kappa shape index (κ1) is 61.7. The topological polar surface area (TPSA) is 155 Å². The molecule has 0 aromatic rings. The first-order valence-corrected chi connectivity index (χ1v) is 28.2. The lowest BCUT2D eigenvalue weighted by atomic mass is 10.0. The molecule has 0 aromatic heterocycles. The Hall–Kier alpha value is -1.29. The van der Waals surface area contributed by atoms with Crippen LogP contribution in [0.3, 0.4) is 0 Å². The summed E-state index contributed by atoms with van der Waals surface area (Å²) < 4.78 is 33.5. The lowest BCUT2D eigenvalue weighted by Crippen LogP contribution is -2.34. The van der Waals surface area contributed by atoms with Gasteiger partial charge in [0.05, 0.1) is 19.8 Å². The highest BCUT2D eigenvalue weighted by molar-refractivity contribution is 7.47. The highest BCUT2D eigenvalue weighted by atomic mass is 31.2. The van der Waals surface area contributed by atoms with E-state index in [-0.39, 0.29) is 13.0 Å². The average molecular weight is 916 g/mol. The minimum absolute atomic E-state index is 0.0210. The molecular weight excluding hydrogens is 814 g/mol. The molecule has 0 aliphatic rings. The van der Waals surface area contributed by atoms with Crippen LogP contribution in [0.4, 0.5) is 0 Å². The Bertz CT molecular complexity index is 1060. The van der Waals surface area contributed by atoms with E-state index in [0.29, 0.717) is 6.61 Å². The summed E-state index contributed by atoms with van der Waals surface area (Å²) in [5.74, 6) is -1.76. The van der Waals surface area contributed by atoms with Gasteiger partial charge in [-0.3, -0.25) is 18.6 Å². The Balaban J connectivity index is 4.06. The van der Waals surface area contributed by atoms with Crippen LogP contribution in [0.1, 0.15) is 271 Å². The molecule has 0 radical (unpaired) electrons. The molecule has 0 saturated carbocycles. The van der Waals surface area contributed by atoms with Crippen molar-refractivity contribution in [3.8, 4) is 0 Å². The van der Waals surface area contributed by atoms with Crippen LogP contribution in [0.5, 0.6) is 0 Å². The molecule has 374 valence electrons. The minimum atomic E-state index is -4.62. The molecule has 0 fully saturated rings. The summed E-state index contributed by atoms with van der Waals surface area (Å²) >= 11 is 0. The van der Waals surface area contributed by atoms with E-state index in [1.165, 1.54) is 212 Å². The fourth-order valence-electron chi connectivity index (χ4n) is 7.90. The maximum atomic E-state index is 12.7. The zero-order valence-corrected chi connectivity index (χ0v) is 42.1. The molecule has 0 amide bonds. The van der Waals surface area contributed by atoms with Gasteiger partial charge in [-0.2, -0.15) is 0 Å². The Kier molecular flexibility index (Phi) is 47.6. The first-order chi connectivity index (χ1) is 30.7. The van der Waals surface area contributed by atoms with Gasteiger partial charge in [0.15, 0.2) is 0 Å². The van der Waals surface area contributed by atoms with Crippen molar-refractivity contribution in [2.75, 3.05) is 26.4 Å². The predicted molar refractivity (Wildman–Crippen MR) is 263 cm³/mol. The number of allylic oxidation sites excluding steroid dienone is 2. The van der Waals surface area contributed by atoms with Crippen molar-refractivity contribution in [1.82, 2.24) is 0 Å². The Morgan fingerprint density at radius 2 is 0.825 bits per heavy atom. The minimum Gasteiger partial charge on any atom is -0.480 e. The summed E-state index contributed by atoms with van der Waals surface area (Å²) in [6.45, 7) is 3.94. The number of unbranched alkanes of at least 4 members (excludes halogenated alkanes) is 36. The van der Waals surface area contributed by atoms with Gasteiger partial charge in [-0.1, -0.05) is 238 Å². The maximum absolute atomic E-state index is 12.7. The molecule has 0 heterocycles. The lowest BCUT2D eigenvalue weighted by molar-refractivity contribution is -0.154. The smallest absolute Gasteiger partial charge is 0.472 e. The number of aliphatic carboxylic acids is 1. The number of hydrogen-bond donors (Lipinski definition) is 3. The van der Waals surface area contributed by atoms with Crippen LogP contribution in [0.25, 0.3) is 0 Å². The number of carbonyl (C=O) groups is 2. The Labute approximate surface area is 388 Å². The number of nitrogens with two attached hydrogens (primary N) is 1. The zero-order chi connectivity index (χ0) is 46.2. The second kappa shape index (κ2) is 48.6. The highest BCUT2D eigenvalue weighted by Crippen LogP contribution is 2.43. The summed E-state index contributed by atoms with van der Waals surface area (Å²) in [7, 11) is -4.62. The molecule has 4 N–H and O–H groups in total. The van der Waals surface area contributed by atoms with Gasteiger partial charge < -0.3 is 25.2 Å². The van der Waals surface area contributed by atoms with Crippen molar-refractivity contribution in [3.05, 3.63) is 12.2 Å². The quantitative estimate of drug-likeness (QED) is 0.0232. The fraction of sp³-hybridized carbons (Fsp3) is 0.923.